The standard InChI is InChI=1S/C20H25N3O3Si/c1-6-23-18(11-14(2)22-23)20(26-13-19(24)25)17(12-21)15-7-9-16(10-8-15)27(3,4)5/h7-11H,6,13H2,1-5H3,(H,24,25)/b20-17-. The molecule has 0 aliphatic heterocycles. The number of carboxylic acids is 1. The zero-order chi connectivity index (χ0) is 20.2. The molecule has 1 heterocycles. The number of hydrogen-bond donors (Lipinski definition) is 1. The minimum absolute atomic E-state index is 0.239. The molecular weight excluding hydrogens is 358 g/mol. The second-order valence-electron chi connectivity index (χ2n) is 7.31. The van der Waals surface area contributed by atoms with Gasteiger partial charge in [0.25, 0.3) is 0 Å². The number of allylic oxidation sites excluding steroid dienone is 1. The largest absolute Gasteiger partial charge is 0.479 e. The molecule has 2 rings (SSSR count). The summed E-state index contributed by atoms with van der Waals surface area (Å²) >= 11 is 0. The molecule has 142 valence electrons. The molecule has 6 nitrogen and oxygen atoms in total. The quantitative estimate of drug-likeness (QED) is 0.450. The van der Waals surface area contributed by atoms with Gasteiger partial charge in [-0.15, -0.1) is 0 Å². The number of aliphatic carboxylic acids is 1. The number of ether oxygens (including phenoxy) is 1. The molecule has 7 heteroatoms. The number of aryl methyl sites for hydroxylation is 2. The number of aromatic nitrogens is 2. The molecule has 2 aromatic rings. The van der Waals surface area contributed by atoms with Crippen molar-refractivity contribution in [1.82, 2.24) is 9.78 Å². The van der Waals surface area contributed by atoms with Crippen molar-refractivity contribution in [2.75, 3.05) is 6.61 Å². The zero-order valence-corrected chi connectivity index (χ0v) is 17.4. The third kappa shape index (κ3) is 4.86. The van der Waals surface area contributed by atoms with E-state index < -0.39 is 20.7 Å². The minimum Gasteiger partial charge on any atom is -0.479 e. The fourth-order valence-corrected chi connectivity index (χ4v) is 3.93. The Bertz CT molecular complexity index is 900. The first-order valence-corrected chi connectivity index (χ1v) is 12.3. The van der Waals surface area contributed by atoms with Gasteiger partial charge in [-0.05, 0) is 25.5 Å². The molecular formula is C20H25N3O3Si. The van der Waals surface area contributed by atoms with Crippen molar-refractivity contribution in [3.63, 3.8) is 0 Å². The average molecular weight is 384 g/mol. The predicted molar refractivity (Wildman–Crippen MR) is 108 cm³/mol. The normalized spacial score (nSPS) is 12.3. The first-order valence-electron chi connectivity index (χ1n) is 8.82. The van der Waals surface area contributed by atoms with E-state index in [1.807, 2.05) is 38.1 Å². The zero-order valence-electron chi connectivity index (χ0n) is 16.4. The molecule has 0 radical (unpaired) electrons. The number of hydrogen-bond acceptors (Lipinski definition) is 4. The van der Waals surface area contributed by atoms with Crippen LogP contribution in [0, 0.1) is 18.3 Å². The second-order valence-corrected chi connectivity index (χ2v) is 12.4. The van der Waals surface area contributed by atoms with Gasteiger partial charge in [0.05, 0.1) is 13.8 Å². The Balaban J connectivity index is 2.62. The predicted octanol–water partition coefficient (Wildman–Crippen LogP) is 3.25. The number of nitrogens with zero attached hydrogens (tertiary/aromatic N) is 3. The van der Waals surface area contributed by atoms with E-state index in [4.69, 9.17) is 9.84 Å². The molecule has 1 aromatic heterocycles. The van der Waals surface area contributed by atoms with Crippen molar-refractivity contribution < 1.29 is 14.6 Å². The van der Waals surface area contributed by atoms with Crippen LogP contribution in [0.1, 0.15) is 23.9 Å². The third-order valence-electron chi connectivity index (χ3n) is 4.15. The van der Waals surface area contributed by atoms with Gasteiger partial charge in [-0.1, -0.05) is 49.1 Å². The summed E-state index contributed by atoms with van der Waals surface area (Å²) < 4.78 is 7.26. The summed E-state index contributed by atoms with van der Waals surface area (Å²) in [5.41, 5.74) is 2.37. The molecule has 0 fully saturated rings. The summed E-state index contributed by atoms with van der Waals surface area (Å²) in [5.74, 6) is -0.860. The highest BCUT2D eigenvalue weighted by Crippen LogP contribution is 2.28. The summed E-state index contributed by atoms with van der Waals surface area (Å²) in [4.78, 5) is 11.0. The number of benzene rings is 1. The summed E-state index contributed by atoms with van der Waals surface area (Å²) in [6.45, 7) is 10.6. The minimum atomic E-state index is -1.46. The highest BCUT2D eigenvalue weighted by Gasteiger charge is 2.21. The monoisotopic (exact) mass is 383 g/mol. The lowest BCUT2D eigenvalue weighted by Gasteiger charge is -2.17. The maximum atomic E-state index is 11.0. The van der Waals surface area contributed by atoms with E-state index in [2.05, 4.69) is 30.8 Å². The Morgan fingerprint density at radius 2 is 1.93 bits per heavy atom. The Morgan fingerprint density at radius 1 is 1.30 bits per heavy atom. The van der Waals surface area contributed by atoms with Gasteiger partial charge in [0.1, 0.15) is 17.3 Å². The Labute approximate surface area is 160 Å². The van der Waals surface area contributed by atoms with Gasteiger partial charge in [-0.3, -0.25) is 4.68 Å². The van der Waals surface area contributed by atoms with Crippen LogP contribution in [0.2, 0.25) is 19.6 Å². The summed E-state index contributed by atoms with van der Waals surface area (Å²) in [7, 11) is -1.46. The fraction of sp³-hybridized carbons (Fsp3) is 0.350. The Kier molecular flexibility index (Phi) is 6.23. The second kappa shape index (κ2) is 8.23. The van der Waals surface area contributed by atoms with Crippen LogP contribution in [0.5, 0.6) is 0 Å². The number of carboxylic acid groups (broad SMARTS) is 1. The topological polar surface area (TPSA) is 88.1 Å². The van der Waals surface area contributed by atoms with Crippen LogP contribution in [0.4, 0.5) is 0 Å². The van der Waals surface area contributed by atoms with Crippen LogP contribution in [-0.4, -0.2) is 35.5 Å². The molecule has 27 heavy (non-hydrogen) atoms. The van der Waals surface area contributed by atoms with E-state index in [0.29, 0.717) is 23.4 Å². The van der Waals surface area contributed by atoms with Crippen LogP contribution in [-0.2, 0) is 16.1 Å². The summed E-state index contributed by atoms with van der Waals surface area (Å²) in [6, 6.07) is 11.9. The van der Waals surface area contributed by atoms with Gasteiger partial charge >= 0.3 is 5.97 Å². The van der Waals surface area contributed by atoms with Gasteiger partial charge < -0.3 is 9.84 Å². The molecule has 0 atom stereocenters. The maximum absolute atomic E-state index is 11.0. The van der Waals surface area contributed by atoms with Crippen LogP contribution >= 0.6 is 0 Å². The molecule has 0 saturated carbocycles. The van der Waals surface area contributed by atoms with Crippen LogP contribution in [0.25, 0.3) is 11.3 Å². The highest BCUT2D eigenvalue weighted by atomic mass is 28.3. The molecule has 0 unspecified atom stereocenters. The lowest BCUT2D eigenvalue weighted by atomic mass is 10.0. The molecule has 0 saturated heterocycles. The third-order valence-corrected chi connectivity index (χ3v) is 6.22. The van der Waals surface area contributed by atoms with Crippen molar-refractivity contribution in [2.24, 2.45) is 0 Å². The SMILES string of the molecule is CCn1nc(C)cc1/C(OCC(=O)O)=C(\C#N)c1ccc([Si](C)(C)C)cc1. The molecule has 1 N–H and O–H groups in total. The van der Waals surface area contributed by atoms with Gasteiger partial charge in [0.15, 0.2) is 12.4 Å². The van der Waals surface area contributed by atoms with E-state index in [1.54, 1.807) is 10.7 Å². The van der Waals surface area contributed by atoms with Gasteiger partial charge in [0.2, 0.25) is 0 Å². The van der Waals surface area contributed by atoms with Crippen molar-refractivity contribution in [3.8, 4) is 6.07 Å². The lowest BCUT2D eigenvalue weighted by molar-refractivity contribution is -0.139. The summed E-state index contributed by atoms with van der Waals surface area (Å²) in [6.07, 6.45) is 0. The fourth-order valence-electron chi connectivity index (χ4n) is 2.76. The van der Waals surface area contributed by atoms with E-state index in [-0.39, 0.29) is 5.76 Å². The van der Waals surface area contributed by atoms with E-state index in [9.17, 15) is 10.1 Å². The van der Waals surface area contributed by atoms with Crippen LogP contribution < -0.4 is 5.19 Å². The number of rotatable bonds is 7. The van der Waals surface area contributed by atoms with Gasteiger partial charge in [0, 0.05) is 6.54 Å². The Hall–Kier alpha value is -2.85. The van der Waals surface area contributed by atoms with Crippen LogP contribution in [0.15, 0.2) is 30.3 Å². The van der Waals surface area contributed by atoms with E-state index >= 15 is 0 Å². The molecule has 0 spiro atoms. The Morgan fingerprint density at radius 3 is 2.41 bits per heavy atom. The average Bonchev–Trinajstić information content (AvgIpc) is 2.98. The maximum Gasteiger partial charge on any atom is 0.341 e. The first kappa shape index (κ1) is 20.5. The molecule has 1 aromatic carbocycles. The van der Waals surface area contributed by atoms with Crippen molar-refractivity contribution in [1.29, 1.82) is 5.26 Å². The van der Waals surface area contributed by atoms with Crippen molar-refractivity contribution >= 4 is 30.6 Å². The molecule has 0 bridgehead atoms. The molecule has 0 aliphatic rings. The highest BCUT2D eigenvalue weighted by molar-refractivity contribution is 6.88. The smallest absolute Gasteiger partial charge is 0.341 e. The van der Waals surface area contributed by atoms with Crippen molar-refractivity contribution in [3.05, 3.63) is 47.3 Å². The lowest BCUT2D eigenvalue weighted by Crippen LogP contribution is -2.37. The van der Waals surface area contributed by atoms with Gasteiger partial charge in [-0.25, -0.2) is 4.79 Å². The number of carbonyl (C=O) groups is 1. The van der Waals surface area contributed by atoms with Crippen molar-refractivity contribution in [2.45, 2.75) is 40.0 Å². The van der Waals surface area contributed by atoms with Gasteiger partial charge in [-0.2, -0.15) is 10.4 Å². The number of nitriles is 1. The van der Waals surface area contributed by atoms with Crippen LogP contribution in [0.3, 0.4) is 0 Å². The van der Waals surface area contributed by atoms with E-state index in [1.165, 1.54) is 5.19 Å². The molecule has 0 amide bonds. The first-order chi connectivity index (χ1) is 12.7. The molecule has 0 aliphatic carbocycles. The van der Waals surface area contributed by atoms with E-state index in [0.717, 1.165) is 5.69 Å². The summed E-state index contributed by atoms with van der Waals surface area (Å²) in [5, 5.41) is 24.5.